The summed E-state index contributed by atoms with van der Waals surface area (Å²) in [6.45, 7) is 9.91. The third-order valence-electron chi connectivity index (χ3n) is 3.29. The van der Waals surface area contributed by atoms with Crippen molar-refractivity contribution in [1.29, 1.82) is 0 Å². The lowest BCUT2D eigenvalue weighted by atomic mass is 10.3. The number of ether oxygens (including phenoxy) is 2. The van der Waals surface area contributed by atoms with Gasteiger partial charge in [0.2, 0.25) is 0 Å². The fourth-order valence-corrected chi connectivity index (χ4v) is 2.17. The number of pyridine rings is 1. The van der Waals surface area contributed by atoms with Crippen molar-refractivity contribution in [2.45, 2.75) is 20.8 Å². The van der Waals surface area contributed by atoms with E-state index in [-0.39, 0.29) is 18.8 Å². The maximum atomic E-state index is 11.4. The Hall–Kier alpha value is -2.04. The van der Waals surface area contributed by atoms with Crippen LogP contribution in [0.3, 0.4) is 0 Å². The molecule has 1 aromatic heterocycles. The fourth-order valence-electron chi connectivity index (χ4n) is 1.80. The molecule has 0 aromatic carbocycles. The lowest BCUT2D eigenvalue weighted by molar-refractivity contribution is -0.894. The molecule has 0 saturated heterocycles. The minimum Gasteiger partial charge on any atom is -0.748 e. The molecule has 0 aliphatic rings. The predicted molar refractivity (Wildman–Crippen MR) is 92.6 cm³/mol. The Labute approximate surface area is 154 Å². The number of hydrogen-bond acceptors (Lipinski definition) is 8. The highest BCUT2D eigenvalue weighted by Gasteiger charge is 2.09. The summed E-state index contributed by atoms with van der Waals surface area (Å²) in [6, 6.07) is 2.89. The SMILES string of the molecule is CC[NH+](CC)CC.O=C(CS(=O)(=O)[O-])OCCOC(=O)c1ccncc1. The van der Waals surface area contributed by atoms with Crippen molar-refractivity contribution >= 4 is 22.1 Å². The van der Waals surface area contributed by atoms with Gasteiger partial charge in [-0.25, -0.2) is 13.2 Å². The van der Waals surface area contributed by atoms with Gasteiger partial charge in [0, 0.05) is 12.4 Å². The van der Waals surface area contributed by atoms with Crippen molar-refractivity contribution in [2.24, 2.45) is 0 Å². The Morgan fingerprint density at radius 2 is 1.54 bits per heavy atom. The first kappa shape index (κ1) is 24.0. The minimum absolute atomic E-state index is 0.244. The topological polar surface area (TPSA) is 127 Å². The molecule has 9 nitrogen and oxygen atoms in total. The zero-order valence-corrected chi connectivity index (χ0v) is 16.1. The summed E-state index contributed by atoms with van der Waals surface area (Å²) in [5.41, 5.74) is 0.281. The molecule has 0 aliphatic carbocycles. The van der Waals surface area contributed by atoms with Crippen molar-refractivity contribution in [2.75, 3.05) is 38.6 Å². The number of rotatable bonds is 9. The number of aromatic nitrogens is 1. The van der Waals surface area contributed by atoms with Crippen LogP contribution in [0.5, 0.6) is 0 Å². The number of nitrogens with one attached hydrogen (secondary N) is 1. The van der Waals surface area contributed by atoms with Crippen molar-refractivity contribution in [3.05, 3.63) is 30.1 Å². The van der Waals surface area contributed by atoms with E-state index in [1.807, 2.05) is 0 Å². The van der Waals surface area contributed by atoms with E-state index in [9.17, 15) is 22.6 Å². The molecule has 148 valence electrons. The molecule has 1 rings (SSSR count). The predicted octanol–water partition coefficient (Wildman–Crippen LogP) is -0.742. The zero-order chi connectivity index (χ0) is 20.0. The van der Waals surface area contributed by atoms with Gasteiger partial charge in [-0.15, -0.1) is 0 Å². The van der Waals surface area contributed by atoms with Crippen LogP contribution in [-0.4, -0.2) is 68.5 Å². The van der Waals surface area contributed by atoms with E-state index >= 15 is 0 Å². The maximum absolute atomic E-state index is 11.4. The lowest BCUT2D eigenvalue weighted by Gasteiger charge is -2.10. The van der Waals surface area contributed by atoms with Gasteiger partial charge in [0.15, 0.2) is 0 Å². The number of quaternary nitrogens is 1. The number of carbonyl (C=O) groups excluding carboxylic acids is 2. The van der Waals surface area contributed by atoms with E-state index in [1.54, 1.807) is 4.90 Å². The standard InChI is InChI=1S/C10H11NO7S.C6H15N/c12-9(7-19(14,15)16)17-5-6-18-10(13)8-1-3-11-4-2-8;1-4-7(5-2)6-3/h1-4H,5-7H2,(H,14,15,16);4-6H2,1-3H3. The average molecular weight is 390 g/mol. The van der Waals surface area contributed by atoms with Crippen LogP contribution in [0.4, 0.5) is 0 Å². The van der Waals surface area contributed by atoms with Gasteiger partial charge < -0.3 is 18.9 Å². The van der Waals surface area contributed by atoms with E-state index in [4.69, 9.17) is 4.74 Å². The second-order valence-corrected chi connectivity index (χ2v) is 6.51. The smallest absolute Gasteiger partial charge is 0.338 e. The molecule has 0 spiro atoms. The first-order chi connectivity index (χ1) is 12.2. The molecule has 1 aromatic rings. The highest BCUT2D eigenvalue weighted by atomic mass is 32.2. The van der Waals surface area contributed by atoms with E-state index < -0.39 is 27.8 Å². The van der Waals surface area contributed by atoms with Crippen molar-refractivity contribution in [1.82, 2.24) is 4.98 Å². The Morgan fingerprint density at radius 3 is 1.96 bits per heavy atom. The van der Waals surface area contributed by atoms with Crippen LogP contribution < -0.4 is 4.90 Å². The first-order valence-corrected chi connectivity index (χ1v) is 9.81. The fraction of sp³-hybridized carbons (Fsp3) is 0.562. The second-order valence-electron chi connectivity index (χ2n) is 5.10. The second kappa shape index (κ2) is 13.2. The normalized spacial score (nSPS) is 10.7. The van der Waals surface area contributed by atoms with Crippen LogP contribution in [0.1, 0.15) is 31.1 Å². The van der Waals surface area contributed by atoms with Crippen LogP contribution in [-0.2, 0) is 24.4 Å². The van der Waals surface area contributed by atoms with Gasteiger partial charge in [0.05, 0.1) is 25.2 Å². The summed E-state index contributed by atoms with van der Waals surface area (Å²) in [4.78, 5) is 27.6. The summed E-state index contributed by atoms with van der Waals surface area (Å²) in [7, 11) is -4.66. The number of carbonyl (C=O) groups is 2. The van der Waals surface area contributed by atoms with Gasteiger partial charge in [0.1, 0.15) is 29.1 Å². The molecule has 0 saturated carbocycles. The summed E-state index contributed by atoms with van der Waals surface area (Å²) < 4.78 is 39.8. The van der Waals surface area contributed by atoms with Crippen LogP contribution >= 0.6 is 0 Å². The molecule has 10 heteroatoms. The Kier molecular flexibility index (Phi) is 12.2. The van der Waals surface area contributed by atoms with Crippen molar-refractivity contribution < 1.29 is 36.9 Å². The van der Waals surface area contributed by atoms with E-state index in [2.05, 4.69) is 30.5 Å². The Morgan fingerprint density at radius 1 is 1.04 bits per heavy atom. The van der Waals surface area contributed by atoms with Crippen LogP contribution in [0.25, 0.3) is 0 Å². The Bertz CT molecular complexity index is 626. The van der Waals surface area contributed by atoms with Crippen molar-refractivity contribution in [3.8, 4) is 0 Å². The molecule has 0 radical (unpaired) electrons. The summed E-state index contributed by atoms with van der Waals surface area (Å²) >= 11 is 0. The van der Waals surface area contributed by atoms with E-state index in [1.165, 1.54) is 44.2 Å². The number of nitrogens with zero attached hydrogens (tertiary/aromatic N) is 1. The number of hydrogen-bond donors (Lipinski definition) is 1. The maximum Gasteiger partial charge on any atom is 0.338 e. The molecular weight excluding hydrogens is 364 g/mol. The third-order valence-corrected chi connectivity index (χ3v) is 3.88. The lowest BCUT2D eigenvalue weighted by Crippen LogP contribution is -3.11. The average Bonchev–Trinajstić information content (AvgIpc) is 2.60. The molecule has 1 heterocycles. The molecule has 26 heavy (non-hydrogen) atoms. The van der Waals surface area contributed by atoms with Crippen LogP contribution in [0.2, 0.25) is 0 Å². The Balaban J connectivity index is 0.000000758. The molecule has 1 N–H and O–H groups in total. The summed E-state index contributed by atoms with van der Waals surface area (Å²) in [5, 5.41) is 0. The molecule has 0 fully saturated rings. The monoisotopic (exact) mass is 390 g/mol. The largest absolute Gasteiger partial charge is 0.748 e. The highest BCUT2D eigenvalue weighted by molar-refractivity contribution is 7.86. The summed E-state index contributed by atoms with van der Waals surface area (Å²) in [5.74, 6) is -3.06. The molecular formula is C16H26N2O7S. The first-order valence-electron chi connectivity index (χ1n) is 8.23. The molecule has 0 bridgehead atoms. The van der Waals surface area contributed by atoms with Gasteiger partial charge in [-0.2, -0.15) is 0 Å². The van der Waals surface area contributed by atoms with Gasteiger partial charge in [0.25, 0.3) is 0 Å². The van der Waals surface area contributed by atoms with Gasteiger partial charge >= 0.3 is 11.9 Å². The van der Waals surface area contributed by atoms with Gasteiger partial charge in [-0.3, -0.25) is 9.78 Å². The summed E-state index contributed by atoms with van der Waals surface area (Å²) in [6.07, 6.45) is 2.82. The number of esters is 2. The molecule has 0 amide bonds. The third kappa shape index (κ3) is 12.3. The quantitative estimate of drug-likeness (QED) is 0.332. The van der Waals surface area contributed by atoms with Crippen LogP contribution in [0.15, 0.2) is 24.5 Å². The van der Waals surface area contributed by atoms with E-state index in [0.717, 1.165) is 0 Å². The van der Waals surface area contributed by atoms with Crippen molar-refractivity contribution in [3.63, 3.8) is 0 Å². The molecule has 0 atom stereocenters. The minimum atomic E-state index is -4.66. The highest BCUT2D eigenvalue weighted by Crippen LogP contribution is 1.99. The van der Waals surface area contributed by atoms with Crippen LogP contribution in [0, 0.1) is 0 Å². The molecule has 0 aliphatic heterocycles. The molecule has 0 unspecified atom stereocenters. The van der Waals surface area contributed by atoms with Gasteiger partial charge in [-0.05, 0) is 32.9 Å². The van der Waals surface area contributed by atoms with E-state index in [0.29, 0.717) is 0 Å². The zero-order valence-electron chi connectivity index (χ0n) is 15.3. The van der Waals surface area contributed by atoms with Gasteiger partial charge in [-0.1, -0.05) is 0 Å².